The summed E-state index contributed by atoms with van der Waals surface area (Å²) in [5, 5.41) is 0. The normalized spacial score (nSPS) is 47.8. The van der Waals surface area contributed by atoms with Crippen molar-refractivity contribution in [3.63, 3.8) is 0 Å². The van der Waals surface area contributed by atoms with Crippen molar-refractivity contribution in [2.45, 2.75) is 12.8 Å². The molecule has 8 heavy (non-hydrogen) atoms. The summed E-state index contributed by atoms with van der Waals surface area (Å²) in [6, 6.07) is 0. The van der Waals surface area contributed by atoms with E-state index in [-0.39, 0.29) is 0 Å². The highest BCUT2D eigenvalue weighted by atomic mass is 79.9. The minimum absolute atomic E-state index is 0.705. The Morgan fingerprint density at radius 3 is 2.50 bits per heavy atom. The van der Waals surface area contributed by atoms with E-state index in [1.165, 1.54) is 0 Å². The van der Waals surface area contributed by atoms with E-state index in [4.69, 9.17) is 8.74 Å². The Morgan fingerprint density at radius 2 is 2.25 bits per heavy atom. The van der Waals surface area contributed by atoms with Gasteiger partial charge in [-0.3, -0.25) is 8.74 Å². The monoisotopic (exact) mass is 200 g/mol. The highest BCUT2D eigenvalue weighted by Gasteiger charge is 2.16. The van der Waals surface area contributed by atoms with Crippen LogP contribution < -0.4 is 0 Å². The van der Waals surface area contributed by atoms with Gasteiger partial charge in [-0.05, 0) is 12.8 Å². The second-order valence-electron chi connectivity index (χ2n) is 1.80. The molecule has 50 valence electrons. The van der Waals surface area contributed by atoms with Gasteiger partial charge >= 0.3 is 0 Å². The molecule has 0 aromatic carbocycles. The first kappa shape index (κ1) is 6.86. The van der Waals surface area contributed by atoms with Crippen LogP contribution in [0.4, 0.5) is 0 Å². The first-order valence-corrected chi connectivity index (χ1v) is 6.11. The van der Waals surface area contributed by atoms with E-state index >= 15 is 0 Å². The number of hydrogen-bond donors (Lipinski definition) is 1. The minimum Gasteiger partial charge on any atom is -0.289 e. The van der Waals surface area contributed by atoms with Crippen molar-refractivity contribution in [1.82, 2.24) is 0 Å². The van der Waals surface area contributed by atoms with Crippen LogP contribution >= 0.6 is 23.8 Å². The molecule has 1 heterocycles. The van der Waals surface area contributed by atoms with E-state index in [2.05, 4.69) is 14.8 Å². The van der Waals surface area contributed by atoms with E-state index in [1.807, 2.05) is 0 Å². The molecule has 1 atom stereocenters. The molecule has 0 amide bonds. The van der Waals surface area contributed by atoms with Crippen molar-refractivity contribution in [3.8, 4) is 0 Å². The van der Waals surface area contributed by atoms with E-state index < -0.39 is 9.02 Å². The molecule has 1 N–H and O–H groups in total. The smallest absolute Gasteiger partial charge is 0.0724 e. The summed E-state index contributed by atoms with van der Waals surface area (Å²) < 4.78 is 14.2. The summed E-state index contributed by atoms with van der Waals surface area (Å²) in [6.07, 6.45) is 2.16. The molecule has 0 bridgehead atoms. The van der Waals surface area contributed by atoms with Gasteiger partial charge in [0.25, 0.3) is 0 Å². The van der Waals surface area contributed by atoms with Crippen molar-refractivity contribution < 1.29 is 8.74 Å². The van der Waals surface area contributed by atoms with Gasteiger partial charge in [-0.1, -0.05) is 0 Å². The highest BCUT2D eigenvalue weighted by molar-refractivity contribution is 9.56. The number of hydrogen-bond acceptors (Lipinski definition) is 2. The third-order valence-electron chi connectivity index (χ3n) is 1.05. The Hall–Kier alpha value is 0.750. The van der Waals surface area contributed by atoms with E-state index in [1.54, 1.807) is 0 Å². The van der Waals surface area contributed by atoms with Crippen molar-refractivity contribution in [2.75, 3.05) is 12.4 Å². The SMILES string of the molecule is OS1(Br)CCCCO1. The van der Waals surface area contributed by atoms with Gasteiger partial charge in [-0.15, -0.1) is 9.02 Å². The lowest BCUT2D eigenvalue weighted by molar-refractivity contribution is 0.300. The maximum Gasteiger partial charge on any atom is 0.0724 e. The summed E-state index contributed by atoms with van der Waals surface area (Å²) in [5.41, 5.74) is 0. The molecule has 0 aliphatic carbocycles. The van der Waals surface area contributed by atoms with Gasteiger partial charge in [0.2, 0.25) is 0 Å². The quantitative estimate of drug-likeness (QED) is 0.651. The van der Waals surface area contributed by atoms with Crippen LogP contribution in [0.1, 0.15) is 12.8 Å². The minimum atomic E-state index is -1.77. The predicted octanol–water partition coefficient (Wildman–Crippen LogP) is 2.30. The summed E-state index contributed by atoms with van der Waals surface area (Å²) in [5.74, 6) is 0.785. The van der Waals surface area contributed by atoms with Crippen LogP contribution in [0.3, 0.4) is 0 Å². The summed E-state index contributed by atoms with van der Waals surface area (Å²) in [7, 11) is -1.77. The molecular formula is C4H9BrO2S. The third kappa shape index (κ3) is 1.93. The molecule has 1 unspecified atom stereocenters. The summed E-state index contributed by atoms with van der Waals surface area (Å²) >= 11 is 3.11. The van der Waals surface area contributed by atoms with Crippen LogP contribution in [0.25, 0.3) is 0 Å². The Bertz CT molecular complexity index is 78.1. The number of halogens is 1. The van der Waals surface area contributed by atoms with Crippen LogP contribution in [-0.4, -0.2) is 16.9 Å². The zero-order valence-electron chi connectivity index (χ0n) is 4.47. The van der Waals surface area contributed by atoms with E-state index in [0.717, 1.165) is 18.6 Å². The fraction of sp³-hybridized carbons (Fsp3) is 1.00. The van der Waals surface area contributed by atoms with Crippen molar-refractivity contribution in [3.05, 3.63) is 0 Å². The highest BCUT2D eigenvalue weighted by Crippen LogP contribution is 2.55. The average Bonchev–Trinajstić information content (AvgIpc) is 1.65. The fourth-order valence-corrected chi connectivity index (χ4v) is 2.76. The molecule has 0 spiro atoms. The van der Waals surface area contributed by atoms with Gasteiger partial charge in [0.1, 0.15) is 0 Å². The van der Waals surface area contributed by atoms with Crippen LogP contribution in [0.2, 0.25) is 0 Å². The van der Waals surface area contributed by atoms with Crippen molar-refractivity contribution in [2.24, 2.45) is 0 Å². The molecule has 0 saturated carbocycles. The molecule has 1 rings (SSSR count). The maximum atomic E-state index is 9.15. The molecule has 1 fully saturated rings. The van der Waals surface area contributed by atoms with Gasteiger partial charge in [0.15, 0.2) is 0 Å². The van der Waals surface area contributed by atoms with Crippen LogP contribution in [0.15, 0.2) is 0 Å². The van der Waals surface area contributed by atoms with E-state index in [9.17, 15) is 0 Å². The fourth-order valence-electron chi connectivity index (χ4n) is 0.628. The molecular weight excluding hydrogens is 192 g/mol. The molecule has 1 aliphatic rings. The van der Waals surface area contributed by atoms with Gasteiger partial charge in [0.05, 0.1) is 21.4 Å². The zero-order chi connectivity index (χ0) is 6.04. The molecule has 0 radical (unpaired) electrons. The Balaban J connectivity index is 2.33. The Labute approximate surface area is 58.2 Å². The number of rotatable bonds is 0. The van der Waals surface area contributed by atoms with Crippen LogP contribution in [0.5, 0.6) is 0 Å². The molecule has 0 aromatic rings. The lowest BCUT2D eigenvalue weighted by Gasteiger charge is -2.34. The average molecular weight is 201 g/mol. The van der Waals surface area contributed by atoms with Gasteiger partial charge < -0.3 is 0 Å². The maximum absolute atomic E-state index is 9.15. The summed E-state index contributed by atoms with van der Waals surface area (Å²) in [4.78, 5) is 0. The van der Waals surface area contributed by atoms with Gasteiger partial charge in [-0.25, -0.2) is 0 Å². The van der Waals surface area contributed by atoms with Crippen molar-refractivity contribution in [1.29, 1.82) is 0 Å². The second-order valence-corrected chi connectivity index (χ2v) is 6.60. The second kappa shape index (κ2) is 2.56. The standard InChI is InChI=1S/C4H9BrO2S/c5-8(6)4-2-1-3-7-8/h6H,1-4H2. The summed E-state index contributed by atoms with van der Waals surface area (Å²) in [6.45, 7) is 0.705. The Morgan fingerprint density at radius 1 is 1.50 bits per heavy atom. The molecule has 1 saturated heterocycles. The zero-order valence-corrected chi connectivity index (χ0v) is 6.87. The lowest BCUT2D eigenvalue weighted by Crippen LogP contribution is -2.09. The van der Waals surface area contributed by atoms with Gasteiger partial charge in [-0.2, -0.15) is 0 Å². The molecule has 4 heteroatoms. The first-order valence-electron chi connectivity index (χ1n) is 2.58. The van der Waals surface area contributed by atoms with Crippen molar-refractivity contribution >= 4 is 23.8 Å². The van der Waals surface area contributed by atoms with Crippen LogP contribution in [0, 0.1) is 0 Å². The molecule has 2 nitrogen and oxygen atoms in total. The lowest BCUT2D eigenvalue weighted by atomic mass is 10.4. The van der Waals surface area contributed by atoms with E-state index in [0.29, 0.717) is 6.61 Å². The van der Waals surface area contributed by atoms with Gasteiger partial charge in [0, 0.05) is 5.75 Å². The third-order valence-corrected chi connectivity index (χ3v) is 3.91. The topological polar surface area (TPSA) is 29.5 Å². The molecule has 1 aliphatic heterocycles. The molecule has 0 aromatic heterocycles. The largest absolute Gasteiger partial charge is 0.289 e. The first-order chi connectivity index (χ1) is 3.71. The Kier molecular flexibility index (Phi) is 2.19. The van der Waals surface area contributed by atoms with Crippen LogP contribution in [-0.2, 0) is 4.18 Å². The predicted molar refractivity (Wildman–Crippen MR) is 39.2 cm³/mol.